The lowest BCUT2D eigenvalue weighted by Gasteiger charge is -2.12. The predicted molar refractivity (Wildman–Crippen MR) is 87.9 cm³/mol. The number of aryl methyl sites for hydroxylation is 1. The van der Waals surface area contributed by atoms with Gasteiger partial charge in [-0.3, -0.25) is 4.79 Å². The fraction of sp³-hybridized carbons (Fsp3) is 0.444. The van der Waals surface area contributed by atoms with Crippen LogP contribution in [0.1, 0.15) is 66.3 Å². The molecule has 0 bridgehead atoms. The molecule has 0 saturated heterocycles. The Bertz CT molecular complexity index is 693. The highest BCUT2D eigenvalue weighted by atomic mass is 16.3. The third-order valence-corrected chi connectivity index (χ3v) is 4.24. The van der Waals surface area contributed by atoms with Crippen molar-refractivity contribution < 1.29 is 9.21 Å². The zero-order valence-corrected chi connectivity index (χ0v) is 13.6. The number of fused-ring (bicyclic) bond motifs is 1. The van der Waals surface area contributed by atoms with Crippen LogP contribution in [0.2, 0.25) is 0 Å². The summed E-state index contributed by atoms with van der Waals surface area (Å²) in [4.78, 5) is 16.7. The van der Waals surface area contributed by atoms with Crippen molar-refractivity contribution in [1.82, 2.24) is 10.3 Å². The number of hydrogen-bond donors (Lipinski definition) is 2. The summed E-state index contributed by atoms with van der Waals surface area (Å²) in [6, 6.07) is 7.98. The van der Waals surface area contributed by atoms with Crippen LogP contribution < -0.4 is 11.1 Å². The number of oxazole rings is 1. The van der Waals surface area contributed by atoms with Crippen LogP contribution in [0.3, 0.4) is 0 Å². The zero-order valence-electron chi connectivity index (χ0n) is 13.6. The van der Waals surface area contributed by atoms with Gasteiger partial charge in [-0.05, 0) is 36.3 Å². The first-order chi connectivity index (χ1) is 11.0. The minimum atomic E-state index is -0.274. The molecule has 0 aliphatic heterocycles. The second-order valence-electron chi connectivity index (χ2n) is 6.57. The smallest absolute Gasteiger partial charge is 0.273 e. The molecule has 1 amide bonds. The van der Waals surface area contributed by atoms with Gasteiger partial charge in [0.05, 0.1) is 12.1 Å². The van der Waals surface area contributed by atoms with Crippen molar-refractivity contribution in [3.05, 3.63) is 53.2 Å². The van der Waals surface area contributed by atoms with E-state index in [1.54, 1.807) is 0 Å². The first kappa shape index (κ1) is 15.7. The zero-order chi connectivity index (χ0) is 16.4. The first-order valence-electron chi connectivity index (χ1n) is 8.14. The molecular weight excluding hydrogens is 290 g/mol. The van der Waals surface area contributed by atoms with Crippen LogP contribution in [0.4, 0.5) is 0 Å². The van der Waals surface area contributed by atoms with Crippen LogP contribution in [-0.4, -0.2) is 10.9 Å². The standard InChI is InChI=1S/C18H23N3O2/c1-11(2)9-14(19)18-21-16(10-23-18)17(22)20-15-8-7-12-5-3-4-6-13(12)15/h3-6,10-11,14-15H,7-9,19H2,1-2H3,(H,20,22). The molecule has 0 saturated carbocycles. The normalized spacial score (nSPS) is 18.0. The Morgan fingerprint density at radius 3 is 3.00 bits per heavy atom. The van der Waals surface area contributed by atoms with E-state index < -0.39 is 0 Å². The summed E-state index contributed by atoms with van der Waals surface area (Å²) in [5.74, 6) is 0.665. The van der Waals surface area contributed by atoms with Gasteiger partial charge in [-0.15, -0.1) is 0 Å². The van der Waals surface area contributed by atoms with Crippen LogP contribution >= 0.6 is 0 Å². The van der Waals surface area contributed by atoms with E-state index >= 15 is 0 Å². The van der Waals surface area contributed by atoms with Crippen molar-refractivity contribution in [3.63, 3.8) is 0 Å². The Balaban J connectivity index is 1.67. The molecule has 1 aliphatic rings. The Labute approximate surface area is 136 Å². The molecule has 1 aliphatic carbocycles. The number of amides is 1. The maximum Gasteiger partial charge on any atom is 0.273 e. The monoisotopic (exact) mass is 313 g/mol. The summed E-state index contributed by atoms with van der Waals surface area (Å²) in [6.07, 6.45) is 4.08. The maximum atomic E-state index is 12.4. The highest BCUT2D eigenvalue weighted by Gasteiger charge is 2.25. The van der Waals surface area contributed by atoms with Crippen molar-refractivity contribution in [2.24, 2.45) is 11.7 Å². The molecule has 1 heterocycles. The van der Waals surface area contributed by atoms with Gasteiger partial charge in [0.15, 0.2) is 5.69 Å². The van der Waals surface area contributed by atoms with E-state index in [4.69, 9.17) is 10.2 Å². The number of benzene rings is 1. The van der Waals surface area contributed by atoms with Gasteiger partial charge in [-0.25, -0.2) is 4.98 Å². The van der Waals surface area contributed by atoms with E-state index in [1.807, 2.05) is 12.1 Å². The largest absolute Gasteiger partial charge is 0.446 e. The molecular formula is C18H23N3O2. The average molecular weight is 313 g/mol. The number of nitrogens with two attached hydrogens (primary N) is 1. The Hall–Kier alpha value is -2.14. The average Bonchev–Trinajstić information content (AvgIpc) is 3.14. The highest BCUT2D eigenvalue weighted by molar-refractivity contribution is 5.92. The minimum Gasteiger partial charge on any atom is -0.446 e. The third-order valence-electron chi connectivity index (χ3n) is 4.24. The number of aromatic nitrogens is 1. The van der Waals surface area contributed by atoms with Gasteiger partial charge >= 0.3 is 0 Å². The number of nitrogens with one attached hydrogen (secondary N) is 1. The molecule has 5 heteroatoms. The molecule has 2 aromatic rings. The van der Waals surface area contributed by atoms with Crippen molar-refractivity contribution in [2.75, 3.05) is 0 Å². The summed E-state index contributed by atoms with van der Waals surface area (Å²) in [7, 11) is 0. The number of carbonyl (C=O) groups is 1. The van der Waals surface area contributed by atoms with Crippen molar-refractivity contribution in [2.45, 2.75) is 45.2 Å². The van der Waals surface area contributed by atoms with Crippen LogP contribution in [0.15, 0.2) is 34.9 Å². The van der Waals surface area contributed by atoms with E-state index in [0.29, 0.717) is 17.5 Å². The predicted octanol–water partition coefficient (Wildman–Crippen LogP) is 3.14. The van der Waals surface area contributed by atoms with Gasteiger partial charge in [0, 0.05) is 0 Å². The number of nitrogens with zero attached hydrogens (tertiary/aromatic N) is 1. The van der Waals surface area contributed by atoms with Crippen molar-refractivity contribution in [3.8, 4) is 0 Å². The molecule has 1 aromatic heterocycles. The van der Waals surface area contributed by atoms with E-state index in [-0.39, 0.29) is 18.0 Å². The maximum absolute atomic E-state index is 12.4. The number of carbonyl (C=O) groups excluding carboxylic acids is 1. The van der Waals surface area contributed by atoms with Crippen LogP contribution in [-0.2, 0) is 6.42 Å². The summed E-state index contributed by atoms with van der Waals surface area (Å²) >= 11 is 0. The van der Waals surface area contributed by atoms with E-state index in [2.05, 4.69) is 36.3 Å². The van der Waals surface area contributed by atoms with Crippen molar-refractivity contribution in [1.29, 1.82) is 0 Å². The molecule has 3 rings (SSSR count). The summed E-state index contributed by atoms with van der Waals surface area (Å²) in [5.41, 5.74) is 8.84. The lowest BCUT2D eigenvalue weighted by atomic mass is 10.0. The van der Waals surface area contributed by atoms with E-state index in [9.17, 15) is 4.79 Å². The van der Waals surface area contributed by atoms with Crippen LogP contribution in [0.5, 0.6) is 0 Å². The highest BCUT2D eigenvalue weighted by Crippen LogP contribution is 2.30. The Morgan fingerprint density at radius 2 is 2.22 bits per heavy atom. The molecule has 0 spiro atoms. The number of rotatable bonds is 5. The SMILES string of the molecule is CC(C)CC(N)c1nc(C(=O)NC2CCc3ccccc32)co1. The van der Waals surface area contributed by atoms with Crippen molar-refractivity contribution >= 4 is 5.91 Å². The summed E-state index contributed by atoms with van der Waals surface area (Å²) < 4.78 is 5.39. The summed E-state index contributed by atoms with van der Waals surface area (Å²) in [5, 5.41) is 3.04. The van der Waals surface area contributed by atoms with Gasteiger partial charge in [-0.2, -0.15) is 0 Å². The fourth-order valence-electron chi connectivity index (χ4n) is 3.11. The van der Waals surface area contributed by atoms with Gasteiger partial charge < -0.3 is 15.5 Å². The molecule has 122 valence electrons. The topological polar surface area (TPSA) is 81.1 Å². The third kappa shape index (κ3) is 3.45. The molecule has 3 N–H and O–H groups in total. The van der Waals surface area contributed by atoms with E-state index in [1.165, 1.54) is 17.4 Å². The molecule has 2 unspecified atom stereocenters. The molecule has 0 radical (unpaired) electrons. The van der Waals surface area contributed by atoms with Gasteiger partial charge in [0.25, 0.3) is 5.91 Å². The Kier molecular flexibility index (Phi) is 4.48. The minimum absolute atomic E-state index is 0.0446. The lowest BCUT2D eigenvalue weighted by Crippen LogP contribution is -2.27. The Morgan fingerprint density at radius 1 is 1.43 bits per heavy atom. The van der Waals surface area contributed by atoms with Gasteiger partial charge in [0.1, 0.15) is 6.26 Å². The second kappa shape index (κ2) is 6.54. The van der Waals surface area contributed by atoms with E-state index in [0.717, 1.165) is 19.3 Å². The lowest BCUT2D eigenvalue weighted by molar-refractivity contribution is 0.0931. The van der Waals surface area contributed by atoms with Gasteiger partial charge in [0.2, 0.25) is 5.89 Å². The second-order valence-corrected chi connectivity index (χ2v) is 6.57. The van der Waals surface area contributed by atoms with Gasteiger partial charge in [-0.1, -0.05) is 38.1 Å². The van der Waals surface area contributed by atoms with Crippen LogP contribution in [0.25, 0.3) is 0 Å². The first-order valence-corrected chi connectivity index (χ1v) is 8.14. The molecule has 1 aromatic carbocycles. The molecule has 5 nitrogen and oxygen atoms in total. The fourth-order valence-corrected chi connectivity index (χ4v) is 3.11. The number of hydrogen-bond acceptors (Lipinski definition) is 4. The quantitative estimate of drug-likeness (QED) is 0.888. The summed E-state index contributed by atoms with van der Waals surface area (Å²) in [6.45, 7) is 4.18. The molecule has 23 heavy (non-hydrogen) atoms. The molecule has 0 fully saturated rings. The molecule has 2 atom stereocenters. The van der Waals surface area contributed by atoms with Crippen LogP contribution in [0, 0.1) is 5.92 Å².